The van der Waals surface area contributed by atoms with Gasteiger partial charge in [-0.3, -0.25) is 0 Å². The van der Waals surface area contributed by atoms with Gasteiger partial charge in [0.1, 0.15) is 12.1 Å². The molecule has 0 saturated carbocycles. The summed E-state index contributed by atoms with van der Waals surface area (Å²) in [5, 5.41) is 19.3. The molecule has 0 fully saturated rings. The normalized spacial score (nSPS) is 10.0. The Hall–Kier alpha value is -3.02. The van der Waals surface area contributed by atoms with E-state index in [1.54, 1.807) is 24.4 Å². The van der Waals surface area contributed by atoms with Gasteiger partial charge in [0.05, 0.1) is 27.9 Å². The predicted molar refractivity (Wildman–Crippen MR) is 88.6 cm³/mol. The topological polar surface area (TPSA) is 65.4 Å². The molecule has 0 atom stereocenters. The third-order valence-corrected chi connectivity index (χ3v) is 4.67. The number of rotatable bonds is 3. The van der Waals surface area contributed by atoms with Crippen molar-refractivity contribution in [1.29, 1.82) is 10.5 Å². The Kier molecular flexibility index (Phi) is 4.14. The molecular formula is C18H12N4S. The fraction of sp³-hybridized carbons (Fsp3) is 0.0556. The molecule has 0 radical (unpaired) electrons. The summed E-state index contributed by atoms with van der Waals surface area (Å²) < 4.78 is 1.97. The van der Waals surface area contributed by atoms with Gasteiger partial charge in [-0.1, -0.05) is 36.4 Å². The Morgan fingerprint density at radius 3 is 2.22 bits per heavy atom. The first-order valence-electron chi connectivity index (χ1n) is 6.93. The molecule has 2 aromatic carbocycles. The van der Waals surface area contributed by atoms with E-state index in [1.165, 1.54) is 11.8 Å². The molecule has 0 aliphatic heterocycles. The fourth-order valence-corrected chi connectivity index (χ4v) is 3.25. The molecule has 0 saturated heterocycles. The predicted octanol–water partition coefficient (Wildman–Crippen LogP) is 3.98. The van der Waals surface area contributed by atoms with Crippen molar-refractivity contribution in [3.05, 3.63) is 65.9 Å². The second-order valence-electron chi connectivity index (χ2n) is 4.86. The van der Waals surface area contributed by atoms with Crippen molar-refractivity contribution in [2.75, 3.05) is 0 Å². The smallest absolute Gasteiger partial charge is 0.173 e. The number of imidazole rings is 1. The van der Waals surface area contributed by atoms with E-state index >= 15 is 0 Å². The Morgan fingerprint density at radius 1 is 0.957 bits per heavy atom. The van der Waals surface area contributed by atoms with Crippen LogP contribution in [0.25, 0.3) is 11.3 Å². The molecule has 5 heteroatoms. The van der Waals surface area contributed by atoms with Crippen molar-refractivity contribution in [3.63, 3.8) is 0 Å². The van der Waals surface area contributed by atoms with Crippen molar-refractivity contribution >= 4 is 11.8 Å². The minimum atomic E-state index is 0.485. The van der Waals surface area contributed by atoms with Crippen LogP contribution in [-0.2, 0) is 7.05 Å². The van der Waals surface area contributed by atoms with Gasteiger partial charge in [0.2, 0.25) is 0 Å². The van der Waals surface area contributed by atoms with E-state index in [0.29, 0.717) is 16.0 Å². The fourth-order valence-electron chi connectivity index (χ4n) is 2.28. The summed E-state index contributed by atoms with van der Waals surface area (Å²) in [6.07, 6.45) is 1.80. The number of aromatic nitrogens is 2. The van der Waals surface area contributed by atoms with E-state index in [4.69, 9.17) is 0 Å². The van der Waals surface area contributed by atoms with Crippen LogP contribution in [0.3, 0.4) is 0 Å². The molecule has 0 bridgehead atoms. The maximum atomic E-state index is 9.27. The van der Waals surface area contributed by atoms with Crippen molar-refractivity contribution in [2.24, 2.45) is 7.05 Å². The summed E-state index contributed by atoms with van der Waals surface area (Å²) in [6, 6.07) is 19.4. The molecule has 4 nitrogen and oxygen atoms in total. The maximum Gasteiger partial charge on any atom is 0.173 e. The summed E-state index contributed by atoms with van der Waals surface area (Å²) in [4.78, 5) is 5.09. The van der Waals surface area contributed by atoms with Gasteiger partial charge in [0.25, 0.3) is 0 Å². The molecule has 0 spiro atoms. The summed E-state index contributed by atoms with van der Waals surface area (Å²) in [7, 11) is 1.93. The second kappa shape index (κ2) is 6.39. The molecule has 110 valence electrons. The molecule has 0 aliphatic carbocycles. The average molecular weight is 316 g/mol. The van der Waals surface area contributed by atoms with Crippen LogP contribution in [0.1, 0.15) is 11.1 Å². The van der Waals surface area contributed by atoms with Crippen LogP contribution in [-0.4, -0.2) is 9.55 Å². The highest BCUT2D eigenvalue weighted by Crippen LogP contribution is 2.34. The zero-order chi connectivity index (χ0) is 16.2. The van der Waals surface area contributed by atoms with Gasteiger partial charge in [-0.25, -0.2) is 4.98 Å². The van der Waals surface area contributed by atoms with Gasteiger partial charge in [-0.2, -0.15) is 10.5 Å². The molecule has 0 amide bonds. The highest BCUT2D eigenvalue weighted by Gasteiger charge is 2.15. The second-order valence-corrected chi connectivity index (χ2v) is 5.84. The Balaban J connectivity index is 2.02. The average Bonchev–Trinajstić information content (AvgIpc) is 2.96. The molecule has 0 unspecified atom stereocenters. The van der Waals surface area contributed by atoms with Crippen LogP contribution in [0.2, 0.25) is 0 Å². The quantitative estimate of drug-likeness (QED) is 0.733. The lowest BCUT2D eigenvalue weighted by atomic mass is 10.1. The monoisotopic (exact) mass is 316 g/mol. The van der Waals surface area contributed by atoms with Crippen LogP contribution in [0, 0.1) is 22.7 Å². The van der Waals surface area contributed by atoms with E-state index in [-0.39, 0.29) is 0 Å². The summed E-state index contributed by atoms with van der Waals surface area (Å²) in [5.74, 6) is 0. The van der Waals surface area contributed by atoms with Crippen LogP contribution in [0.5, 0.6) is 0 Å². The first-order chi connectivity index (χ1) is 11.2. The lowest BCUT2D eigenvalue weighted by molar-refractivity contribution is 0.796. The van der Waals surface area contributed by atoms with E-state index < -0.39 is 0 Å². The van der Waals surface area contributed by atoms with E-state index in [0.717, 1.165) is 16.4 Å². The highest BCUT2D eigenvalue weighted by molar-refractivity contribution is 7.99. The zero-order valence-electron chi connectivity index (χ0n) is 12.4. The number of nitriles is 2. The van der Waals surface area contributed by atoms with Gasteiger partial charge in [0.15, 0.2) is 5.16 Å². The molecule has 0 N–H and O–H groups in total. The number of benzene rings is 2. The lowest BCUT2D eigenvalue weighted by Gasteiger charge is -2.08. The molecule has 3 rings (SSSR count). The van der Waals surface area contributed by atoms with Gasteiger partial charge in [-0.05, 0) is 29.5 Å². The minimum absolute atomic E-state index is 0.485. The van der Waals surface area contributed by atoms with Crippen molar-refractivity contribution < 1.29 is 0 Å². The molecule has 1 aromatic heterocycles. The van der Waals surface area contributed by atoms with E-state index in [2.05, 4.69) is 17.1 Å². The summed E-state index contributed by atoms with van der Waals surface area (Å²) >= 11 is 1.34. The molecular weight excluding hydrogens is 304 g/mol. The molecule has 1 heterocycles. The molecule has 23 heavy (non-hydrogen) atoms. The zero-order valence-corrected chi connectivity index (χ0v) is 13.2. The first kappa shape index (κ1) is 14.9. The standard InChI is InChI=1S/C18H12N4S/c1-22-16(13-6-3-2-4-7-13)12-21-18(22)23-17-14(10-19)8-5-9-15(17)11-20/h2-9,12H,1H3. The minimum Gasteiger partial charge on any atom is -0.322 e. The first-order valence-corrected chi connectivity index (χ1v) is 7.74. The number of hydrogen-bond donors (Lipinski definition) is 0. The van der Waals surface area contributed by atoms with Crippen LogP contribution in [0.4, 0.5) is 0 Å². The maximum absolute atomic E-state index is 9.27. The highest BCUT2D eigenvalue weighted by atomic mass is 32.2. The van der Waals surface area contributed by atoms with Gasteiger partial charge in [0, 0.05) is 7.05 Å². The van der Waals surface area contributed by atoms with Crippen LogP contribution < -0.4 is 0 Å². The molecule has 3 aromatic rings. The third kappa shape index (κ3) is 2.83. The van der Waals surface area contributed by atoms with Gasteiger partial charge in [-0.15, -0.1) is 0 Å². The van der Waals surface area contributed by atoms with Crippen molar-refractivity contribution in [1.82, 2.24) is 9.55 Å². The summed E-state index contributed by atoms with van der Waals surface area (Å²) in [6.45, 7) is 0. The van der Waals surface area contributed by atoms with E-state index in [9.17, 15) is 10.5 Å². The Labute approximate surface area is 138 Å². The van der Waals surface area contributed by atoms with Crippen molar-refractivity contribution in [3.8, 4) is 23.4 Å². The lowest BCUT2D eigenvalue weighted by Crippen LogP contribution is -1.95. The van der Waals surface area contributed by atoms with Crippen LogP contribution in [0.15, 0.2) is 64.8 Å². The Morgan fingerprint density at radius 2 is 1.61 bits per heavy atom. The number of nitrogens with zero attached hydrogens (tertiary/aromatic N) is 4. The number of hydrogen-bond acceptors (Lipinski definition) is 4. The SMILES string of the molecule is Cn1c(-c2ccccc2)cnc1Sc1c(C#N)cccc1C#N. The summed E-state index contributed by atoms with van der Waals surface area (Å²) in [5.41, 5.74) is 3.03. The Bertz CT molecular complexity index is 898. The van der Waals surface area contributed by atoms with Crippen molar-refractivity contribution in [2.45, 2.75) is 10.1 Å². The van der Waals surface area contributed by atoms with Gasteiger partial charge >= 0.3 is 0 Å². The van der Waals surface area contributed by atoms with Crippen LogP contribution >= 0.6 is 11.8 Å². The molecule has 0 aliphatic rings. The van der Waals surface area contributed by atoms with Gasteiger partial charge < -0.3 is 4.57 Å². The third-order valence-electron chi connectivity index (χ3n) is 3.46. The largest absolute Gasteiger partial charge is 0.322 e. The van der Waals surface area contributed by atoms with E-state index in [1.807, 2.05) is 41.9 Å².